The average molecular weight is 371 g/mol. The van der Waals surface area contributed by atoms with E-state index in [2.05, 4.69) is 29.8 Å². The first-order valence-electron chi connectivity index (χ1n) is 6.24. The molecule has 0 spiro atoms. The Morgan fingerprint density at radius 3 is 2.35 bits per heavy atom. The van der Waals surface area contributed by atoms with E-state index >= 15 is 0 Å². The van der Waals surface area contributed by atoms with E-state index in [1.807, 2.05) is 30.3 Å². The van der Waals surface area contributed by atoms with Crippen LogP contribution in [0.15, 0.2) is 45.1 Å². The van der Waals surface area contributed by atoms with Gasteiger partial charge >= 0.3 is 0 Å². The number of hydrogen-bond acceptors (Lipinski definition) is 3. The minimum Gasteiger partial charge on any atom is -0.292 e. The van der Waals surface area contributed by atoms with E-state index in [4.69, 9.17) is 0 Å². The number of carbonyl (C=O) groups excluding carboxylic acids is 1. The summed E-state index contributed by atoms with van der Waals surface area (Å²) in [6, 6.07) is 11.2. The summed E-state index contributed by atoms with van der Waals surface area (Å²) in [6.45, 7) is 4.23. The number of thiophene rings is 1. The Labute approximate surface area is 133 Å². The summed E-state index contributed by atoms with van der Waals surface area (Å²) in [6.07, 6.45) is 0. The highest BCUT2D eigenvalue weighted by molar-refractivity contribution is 9.11. The lowest BCUT2D eigenvalue weighted by Gasteiger charge is -2.06. The molecule has 106 valence electrons. The van der Waals surface area contributed by atoms with E-state index in [9.17, 15) is 9.00 Å². The van der Waals surface area contributed by atoms with E-state index in [0.717, 1.165) is 3.79 Å². The number of carbonyl (C=O) groups is 1. The van der Waals surface area contributed by atoms with Crippen molar-refractivity contribution in [1.29, 1.82) is 0 Å². The number of halogens is 1. The van der Waals surface area contributed by atoms with Crippen LogP contribution in [0.2, 0.25) is 0 Å². The van der Waals surface area contributed by atoms with Gasteiger partial charge in [-0.2, -0.15) is 0 Å². The predicted octanol–water partition coefficient (Wildman–Crippen LogP) is 4.62. The number of benzene rings is 1. The van der Waals surface area contributed by atoms with Gasteiger partial charge < -0.3 is 0 Å². The maximum atomic E-state index is 12.2. The molecular formula is C15H15BrO2S2. The Bertz CT molecular complexity index is 630. The first kappa shape index (κ1) is 15.6. The Morgan fingerprint density at radius 2 is 1.85 bits per heavy atom. The third-order valence-electron chi connectivity index (χ3n) is 2.92. The molecule has 2 nitrogen and oxygen atoms in total. The van der Waals surface area contributed by atoms with Crippen LogP contribution in [0.1, 0.15) is 35.0 Å². The minimum absolute atomic E-state index is 0.0357. The van der Waals surface area contributed by atoms with Gasteiger partial charge in [0.05, 0.1) is 25.2 Å². The Balaban J connectivity index is 2.06. The molecule has 0 amide bonds. The molecule has 1 aromatic heterocycles. The van der Waals surface area contributed by atoms with E-state index in [1.54, 1.807) is 6.07 Å². The summed E-state index contributed by atoms with van der Waals surface area (Å²) < 4.78 is 13.1. The molecule has 1 heterocycles. The molecule has 0 aliphatic heterocycles. The van der Waals surface area contributed by atoms with E-state index in [-0.39, 0.29) is 11.5 Å². The normalized spacial score (nSPS) is 12.6. The molecule has 0 N–H and O–H groups in total. The maximum Gasteiger partial charge on any atom is 0.185 e. The van der Waals surface area contributed by atoms with Gasteiger partial charge in [-0.15, -0.1) is 11.3 Å². The quantitative estimate of drug-likeness (QED) is 0.719. The van der Waals surface area contributed by atoms with Gasteiger partial charge in [0.2, 0.25) is 0 Å². The van der Waals surface area contributed by atoms with Gasteiger partial charge in [-0.1, -0.05) is 26.0 Å². The van der Waals surface area contributed by atoms with E-state index < -0.39 is 10.8 Å². The summed E-state index contributed by atoms with van der Waals surface area (Å²) in [5.74, 6) is 0.406. The van der Waals surface area contributed by atoms with Crippen LogP contribution in [0.25, 0.3) is 0 Å². The second-order valence-corrected chi connectivity index (χ2v) is 8.65. The zero-order valence-electron chi connectivity index (χ0n) is 11.3. The molecule has 2 aromatic rings. The first-order chi connectivity index (χ1) is 9.47. The fourth-order valence-corrected chi connectivity index (χ4v) is 4.16. The lowest BCUT2D eigenvalue weighted by molar-refractivity contribution is 0.102. The van der Waals surface area contributed by atoms with Crippen LogP contribution in [0.4, 0.5) is 0 Å². The molecule has 0 bridgehead atoms. The summed E-state index contributed by atoms with van der Waals surface area (Å²) >= 11 is 4.70. The van der Waals surface area contributed by atoms with Crippen LogP contribution in [0, 0.1) is 0 Å². The second kappa shape index (κ2) is 6.78. The summed E-state index contributed by atoms with van der Waals surface area (Å²) in [7, 11) is -1.28. The summed E-state index contributed by atoms with van der Waals surface area (Å²) in [5, 5.41) is 0. The third-order valence-corrected chi connectivity index (χ3v) is 5.91. The van der Waals surface area contributed by atoms with Crippen molar-refractivity contribution < 1.29 is 9.00 Å². The van der Waals surface area contributed by atoms with Crippen LogP contribution >= 0.6 is 27.3 Å². The highest BCUT2D eigenvalue weighted by atomic mass is 79.9. The average Bonchev–Trinajstić information content (AvgIpc) is 2.85. The lowest BCUT2D eigenvalue weighted by atomic mass is 10.0. The maximum absolute atomic E-state index is 12.2. The highest BCUT2D eigenvalue weighted by Crippen LogP contribution is 2.23. The number of Topliss-reactive ketones (excluding diaryl/α,β-unsaturated/α-hetero) is 1. The number of rotatable bonds is 5. The van der Waals surface area contributed by atoms with Crippen molar-refractivity contribution >= 4 is 43.8 Å². The molecule has 0 aliphatic rings. The molecule has 1 aromatic carbocycles. The molecular weight excluding hydrogens is 356 g/mol. The van der Waals surface area contributed by atoms with Gasteiger partial charge in [-0.3, -0.25) is 9.00 Å². The van der Waals surface area contributed by atoms with Crippen LogP contribution in [0.3, 0.4) is 0 Å². The Kier molecular flexibility index (Phi) is 5.29. The third kappa shape index (κ3) is 3.87. The first-order valence-corrected chi connectivity index (χ1v) is 9.17. The zero-order valence-corrected chi connectivity index (χ0v) is 14.5. The minimum atomic E-state index is -1.28. The van der Waals surface area contributed by atoms with Gasteiger partial charge in [0.15, 0.2) is 5.78 Å². The predicted molar refractivity (Wildman–Crippen MR) is 88.2 cm³/mol. The molecule has 0 radical (unpaired) electrons. The molecule has 1 unspecified atom stereocenters. The molecule has 0 aliphatic carbocycles. The Morgan fingerprint density at radius 1 is 1.20 bits per heavy atom. The van der Waals surface area contributed by atoms with Crippen LogP contribution in [-0.4, -0.2) is 15.7 Å². The van der Waals surface area contributed by atoms with Crippen molar-refractivity contribution in [1.82, 2.24) is 0 Å². The van der Waals surface area contributed by atoms with Crippen LogP contribution < -0.4 is 0 Å². The molecule has 0 saturated heterocycles. The second-order valence-electron chi connectivity index (χ2n) is 4.74. The molecule has 5 heteroatoms. The smallest absolute Gasteiger partial charge is 0.185 e. The van der Waals surface area contributed by atoms with Gasteiger partial charge in [-0.25, -0.2) is 0 Å². The largest absolute Gasteiger partial charge is 0.292 e. The molecule has 2 rings (SSSR count). The van der Waals surface area contributed by atoms with E-state index in [0.29, 0.717) is 15.7 Å². The number of ketones is 1. The number of hydrogen-bond donors (Lipinski definition) is 0. The monoisotopic (exact) mass is 370 g/mol. The molecule has 1 atom stereocenters. The molecule has 0 fully saturated rings. The summed E-state index contributed by atoms with van der Waals surface area (Å²) in [5.41, 5.74) is 1.21. The topological polar surface area (TPSA) is 34.1 Å². The van der Waals surface area contributed by atoms with Crippen molar-refractivity contribution in [3.8, 4) is 0 Å². The van der Waals surface area contributed by atoms with Crippen LogP contribution in [0.5, 0.6) is 0 Å². The Hall–Kier alpha value is -0.780. The molecule has 20 heavy (non-hydrogen) atoms. The SMILES string of the molecule is CC(C)c1ccc(S(=O)CC(=O)c2ccc(Br)s2)cc1. The molecule has 0 saturated carbocycles. The van der Waals surface area contributed by atoms with Crippen molar-refractivity contribution in [2.45, 2.75) is 24.7 Å². The van der Waals surface area contributed by atoms with Crippen molar-refractivity contribution in [3.05, 3.63) is 50.6 Å². The van der Waals surface area contributed by atoms with Crippen molar-refractivity contribution in [2.24, 2.45) is 0 Å². The van der Waals surface area contributed by atoms with Crippen LogP contribution in [-0.2, 0) is 10.8 Å². The van der Waals surface area contributed by atoms with Gasteiger partial charge in [-0.05, 0) is 51.7 Å². The lowest BCUT2D eigenvalue weighted by Crippen LogP contribution is -2.09. The zero-order chi connectivity index (χ0) is 14.7. The van der Waals surface area contributed by atoms with Gasteiger partial charge in [0.1, 0.15) is 0 Å². The van der Waals surface area contributed by atoms with Crippen molar-refractivity contribution in [3.63, 3.8) is 0 Å². The van der Waals surface area contributed by atoms with Crippen molar-refractivity contribution in [2.75, 3.05) is 5.75 Å². The fraction of sp³-hybridized carbons (Fsp3) is 0.267. The van der Waals surface area contributed by atoms with Gasteiger partial charge in [0.25, 0.3) is 0 Å². The van der Waals surface area contributed by atoms with E-state index in [1.165, 1.54) is 16.9 Å². The fourth-order valence-electron chi connectivity index (χ4n) is 1.74. The standard InChI is InChI=1S/C15H15BrO2S2/c1-10(2)11-3-5-12(6-4-11)20(18)9-13(17)14-7-8-15(16)19-14/h3-8,10H,9H2,1-2H3. The van der Waals surface area contributed by atoms with Gasteiger partial charge in [0, 0.05) is 4.90 Å². The summed E-state index contributed by atoms with van der Waals surface area (Å²) in [4.78, 5) is 13.4. The highest BCUT2D eigenvalue weighted by Gasteiger charge is 2.14.